The molecule has 0 amide bonds. The average Bonchev–Trinajstić information content (AvgIpc) is 2.88. The van der Waals surface area contributed by atoms with Crippen LogP contribution in [0.3, 0.4) is 0 Å². The van der Waals surface area contributed by atoms with Crippen LogP contribution in [-0.2, 0) is 20.9 Å². The van der Waals surface area contributed by atoms with Crippen molar-refractivity contribution in [2.45, 2.75) is 114 Å². The fraction of sp³-hybridized carbons (Fsp3) is 0.471. The molecule has 0 aliphatic carbocycles. The third kappa shape index (κ3) is 18.3. The third-order valence-electron chi connectivity index (χ3n) is 4.67. The maximum Gasteiger partial charge on any atom is 0.357 e. The summed E-state index contributed by atoms with van der Waals surface area (Å²) in [5.41, 5.74) is 3.31. The second kappa shape index (κ2) is 22.0. The van der Waals surface area contributed by atoms with Gasteiger partial charge in [0.2, 0.25) is 0 Å². The van der Waals surface area contributed by atoms with Gasteiger partial charge in [-0.05, 0) is 58.4 Å². The number of rotatable bonds is 3. The molecule has 0 radical (unpaired) electrons. The number of hydrogen-bond acceptors (Lipinski definition) is 3. The van der Waals surface area contributed by atoms with Crippen molar-refractivity contribution in [2.24, 2.45) is 0 Å². The minimum atomic E-state index is -4.25. The summed E-state index contributed by atoms with van der Waals surface area (Å²) in [7, 11) is -4.25. The van der Waals surface area contributed by atoms with Crippen LogP contribution in [-0.4, -0.2) is 13.0 Å². The molecule has 0 aromatic heterocycles. The van der Waals surface area contributed by atoms with E-state index in [0.717, 1.165) is 0 Å². The number of benzene rings is 3. The Morgan fingerprint density at radius 3 is 1.03 bits per heavy atom. The summed E-state index contributed by atoms with van der Waals surface area (Å²) in [4.78, 5) is -0.185. The van der Waals surface area contributed by atoms with Crippen molar-refractivity contribution in [1.29, 1.82) is 0 Å². The van der Waals surface area contributed by atoms with Crippen LogP contribution in [0.4, 0.5) is 0 Å². The molecule has 0 fully saturated rings. The van der Waals surface area contributed by atoms with Gasteiger partial charge in [0.1, 0.15) is 10.1 Å². The highest BCUT2D eigenvalue weighted by molar-refractivity contribution is 7.85. The molecule has 5 heteroatoms. The van der Waals surface area contributed by atoms with Crippen LogP contribution in [0.5, 0.6) is 0 Å². The maximum atomic E-state index is 10.3. The Kier molecular flexibility index (Phi) is 25.1. The standard InChI is InChI=1S/C20H26I.C6H6O3S.3C2H6.2CH4/c1-19(2,3)15-7-11-17(12-8-15)21-18-13-9-16(10-14-18)20(4,5)6;7-10(8,9)6-4-2-1-3-5-6;3*1-2;;/h7-14H,1-6H3;1-5H,(H,7,8,9);3*1-2H3;2*1H4/q+1;;;;;;/p-1. The molecular formula is C34H57IO3S. The van der Waals surface area contributed by atoms with Crippen LogP contribution >= 0.6 is 0 Å². The van der Waals surface area contributed by atoms with Crippen molar-refractivity contribution in [3.05, 3.63) is 97.1 Å². The lowest BCUT2D eigenvalue weighted by Gasteiger charge is -2.18. The molecule has 0 saturated carbocycles. The Hall–Kier alpha value is -1.70. The van der Waals surface area contributed by atoms with Crippen molar-refractivity contribution in [3.63, 3.8) is 0 Å². The molecule has 0 atom stereocenters. The molecule has 3 aromatic rings. The van der Waals surface area contributed by atoms with Gasteiger partial charge in [0.05, 0.1) is 4.90 Å². The molecule has 0 spiro atoms. The zero-order valence-electron chi connectivity index (χ0n) is 25.0. The highest BCUT2D eigenvalue weighted by atomic mass is 127. The fourth-order valence-electron chi connectivity index (χ4n) is 2.74. The average molecular weight is 673 g/mol. The van der Waals surface area contributed by atoms with Gasteiger partial charge in [-0.25, -0.2) is 8.42 Å². The first-order valence-corrected chi connectivity index (χ1v) is 16.7. The Morgan fingerprint density at radius 1 is 0.538 bits per heavy atom. The highest BCUT2D eigenvalue weighted by Crippen LogP contribution is 2.21. The Labute approximate surface area is 253 Å². The van der Waals surface area contributed by atoms with E-state index >= 15 is 0 Å². The van der Waals surface area contributed by atoms with Crippen LogP contribution in [0, 0.1) is 7.14 Å². The zero-order chi connectivity index (χ0) is 29.3. The first-order chi connectivity index (χ1) is 17.3. The molecule has 0 bridgehead atoms. The SMILES string of the molecule is C.C.CC.CC.CC.CC(C)(C)c1ccc([I+]c2ccc(C(C)(C)C)cc2)cc1.O=S(=O)([O-])c1ccccc1. The van der Waals surface area contributed by atoms with E-state index in [1.807, 2.05) is 41.5 Å². The molecule has 0 N–H and O–H groups in total. The van der Waals surface area contributed by atoms with E-state index < -0.39 is 10.1 Å². The van der Waals surface area contributed by atoms with Crippen LogP contribution in [0.25, 0.3) is 0 Å². The van der Waals surface area contributed by atoms with Gasteiger partial charge < -0.3 is 4.55 Å². The van der Waals surface area contributed by atoms with Gasteiger partial charge >= 0.3 is 21.2 Å². The van der Waals surface area contributed by atoms with Gasteiger partial charge in [-0.15, -0.1) is 0 Å². The molecule has 224 valence electrons. The monoisotopic (exact) mass is 672 g/mol. The summed E-state index contributed by atoms with van der Waals surface area (Å²) in [6, 6.07) is 25.6. The lowest BCUT2D eigenvalue weighted by molar-refractivity contribution is -0.597. The molecule has 39 heavy (non-hydrogen) atoms. The minimum absolute atomic E-state index is 0. The molecule has 0 aliphatic rings. The van der Waals surface area contributed by atoms with Crippen LogP contribution < -0.4 is 21.2 Å². The molecule has 0 aliphatic heterocycles. The van der Waals surface area contributed by atoms with Gasteiger partial charge in [-0.3, -0.25) is 0 Å². The molecule has 3 aromatic carbocycles. The van der Waals surface area contributed by atoms with Crippen molar-refractivity contribution in [3.8, 4) is 0 Å². The molecule has 3 rings (SSSR count). The Balaban J connectivity index is -0.000000288. The fourth-order valence-corrected chi connectivity index (χ4v) is 5.39. The summed E-state index contributed by atoms with van der Waals surface area (Å²) in [5, 5.41) is 0. The second-order valence-corrected chi connectivity index (χ2v) is 13.8. The maximum absolute atomic E-state index is 10.3. The quantitative estimate of drug-likeness (QED) is 0.216. The van der Waals surface area contributed by atoms with Crippen molar-refractivity contribution < 1.29 is 34.2 Å². The van der Waals surface area contributed by atoms with E-state index in [9.17, 15) is 13.0 Å². The van der Waals surface area contributed by atoms with E-state index in [1.165, 1.54) is 42.5 Å². The Morgan fingerprint density at radius 2 is 0.821 bits per heavy atom. The molecule has 3 nitrogen and oxygen atoms in total. The van der Waals surface area contributed by atoms with Crippen molar-refractivity contribution in [2.75, 3.05) is 0 Å². The zero-order valence-corrected chi connectivity index (χ0v) is 28.0. The normalized spacial score (nSPS) is 10.1. The molecular weight excluding hydrogens is 615 g/mol. The minimum Gasteiger partial charge on any atom is -0.744 e. The van der Waals surface area contributed by atoms with Gasteiger partial charge in [0.25, 0.3) is 0 Å². The summed E-state index contributed by atoms with van der Waals surface area (Å²) in [6.45, 7) is 25.6. The molecule has 0 saturated heterocycles. The predicted octanol–water partition coefficient (Wildman–Crippen LogP) is 7.35. The van der Waals surface area contributed by atoms with Crippen LogP contribution in [0.15, 0.2) is 83.8 Å². The Bertz CT molecular complexity index is 1010. The lowest BCUT2D eigenvalue weighted by atomic mass is 9.87. The number of halogens is 1. The van der Waals surface area contributed by atoms with E-state index in [4.69, 9.17) is 0 Å². The molecule has 0 heterocycles. The lowest BCUT2D eigenvalue weighted by Crippen LogP contribution is -3.61. The summed E-state index contributed by atoms with van der Waals surface area (Å²) >= 11 is -0.0703. The van der Waals surface area contributed by atoms with Gasteiger partial charge in [0.15, 0.2) is 7.14 Å². The highest BCUT2D eigenvalue weighted by Gasteiger charge is 2.20. The van der Waals surface area contributed by atoms with Gasteiger partial charge in [-0.1, -0.05) is 140 Å². The second-order valence-electron chi connectivity index (χ2n) is 9.38. The van der Waals surface area contributed by atoms with Crippen molar-refractivity contribution >= 4 is 10.1 Å². The smallest absolute Gasteiger partial charge is 0.357 e. The van der Waals surface area contributed by atoms with E-state index in [0.29, 0.717) is 0 Å². The number of hydrogen-bond donors (Lipinski definition) is 0. The first-order valence-electron chi connectivity index (χ1n) is 13.1. The van der Waals surface area contributed by atoms with E-state index in [-0.39, 0.29) is 51.8 Å². The van der Waals surface area contributed by atoms with Gasteiger partial charge in [-0.2, -0.15) is 0 Å². The topological polar surface area (TPSA) is 57.2 Å². The predicted molar refractivity (Wildman–Crippen MR) is 170 cm³/mol. The van der Waals surface area contributed by atoms with Crippen LogP contribution in [0.1, 0.15) is 109 Å². The third-order valence-corrected chi connectivity index (χ3v) is 8.20. The van der Waals surface area contributed by atoms with E-state index in [2.05, 4.69) is 90.1 Å². The first kappa shape index (κ1) is 44.3. The van der Waals surface area contributed by atoms with Crippen LogP contribution in [0.2, 0.25) is 0 Å². The van der Waals surface area contributed by atoms with Gasteiger partial charge in [0, 0.05) is 0 Å². The van der Waals surface area contributed by atoms with E-state index in [1.54, 1.807) is 6.07 Å². The summed E-state index contributed by atoms with van der Waals surface area (Å²) < 4.78 is 33.8. The molecule has 0 unspecified atom stereocenters. The summed E-state index contributed by atoms with van der Waals surface area (Å²) in [6.07, 6.45) is 0. The largest absolute Gasteiger partial charge is 0.744 e. The van der Waals surface area contributed by atoms with Crippen molar-refractivity contribution in [1.82, 2.24) is 0 Å². The summed E-state index contributed by atoms with van der Waals surface area (Å²) in [5.74, 6) is 0.